The Balaban J connectivity index is 3.39. The molecule has 4 N–H and O–H groups in total. The Morgan fingerprint density at radius 1 is 1.62 bits per heavy atom. The molecule has 5 nitrogen and oxygen atoms in total. The number of carbonyl (C=O) groups is 1. The fraction of sp³-hybridized carbons (Fsp3) is 0.857. The molecule has 0 spiro atoms. The number of aliphatic hydroxyl groups is 1. The Hall–Kier alpha value is -0.300. The molecule has 0 aliphatic rings. The molecular weight excluding hydrogens is 194 g/mol. The molecule has 13 heavy (non-hydrogen) atoms. The monoisotopic (exact) mass is 209 g/mol. The summed E-state index contributed by atoms with van der Waals surface area (Å²) in [7, 11) is 1.50. The highest BCUT2D eigenvalue weighted by atomic mass is 32.2. The van der Waals surface area contributed by atoms with Crippen LogP contribution in [0.2, 0.25) is 0 Å². The first-order chi connectivity index (χ1) is 6.07. The third kappa shape index (κ3) is 6.83. The van der Waals surface area contributed by atoms with Crippen LogP contribution in [0.15, 0.2) is 0 Å². The van der Waals surface area contributed by atoms with Crippen molar-refractivity contribution in [2.24, 2.45) is 5.73 Å². The maximum atomic E-state index is 10.3. The Kier molecular flexibility index (Phi) is 6.97. The second-order valence-corrected chi connectivity index (χ2v) is 3.67. The van der Waals surface area contributed by atoms with E-state index >= 15 is 0 Å². The van der Waals surface area contributed by atoms with Crippen LogP contribution in [0.1, 0.15) is 0 Å². The molecule has 0 saturated carbocycles. The Labute approximate surface area is 81.3 Å². The number of nitrogens with two attached hydrogens (primary N) is 1. The number of hydrogen-bond donors (Lipinski definition) is 3. The molecule has 0 heterocycles. The average molecular weight is 209 g/mol. The van der Waals surface area contributed by atoms with Gasteiger partial charge in [0.25, 0.3) is 0 Å². The summed E-state index contributed by atoms with van der Waals surface area (Å²) >= 11 is 1.30. The first-order valence-corrected chi connectivity index (χ1v) is 4.96. The highest BCUT2D eigenvalue weighted by molar-refractivity contribution is 7.99. The molecule has 0 bridgehead atoms. The molecule has 0 aromatic rings. The lowest BCUT2D eigenvalue weighted by atomic mass is 10.4. The van der Waals surface area contributed by atoms with Crippen LogP contribution in [0.5, 0.6) is 0 Å². The van der Waals surface area contributed by atoms with Crippen molar-refractivity contribution in [1.29, 1.82) is 0 Å². The van der Waals surface area contributed by atoms with Crippen molar-refractivity contribution in [1.82, 2.24) is 0 Å². The van der Waals surface area contributed by atoms with Crippen LogP contribution in [0, 0.1) is 0 Å². The quantitative estimate of drug-likeness (QED) is 0.505. The number of carboxylic acids is 1. The minimum absolute atomic E-state index is 0.259. The van der Waals surface area contributed by atoms with E-state index in [1.165, 1.54) is 18.9 Å². The van der Waals surface area contributed by atoms with Crippen LogP contribution in [0.3, 0.4) is 0 Å². The van der Waals surface area contributed by atoms with Gasteiger partial charge >= 0.3 is 5.97 Å². The van der Waals surface area contributed by atoms with Gasteiger partial charge in [0.1, 0.15) is 6.04 Å². The van der Waals surface area contributed by atoms with E-state index in [1.54, 1.807) is 0 Å². The van der Waals surface area contributed by atoms with E-state index in [9.17, 15) is 4.79 Å². The van der Waals surface area contributed by atoms with E-state index < -0.39 is 18.1 Å². The first-order valence-electron chi connectivity index (χ1n) is 3.81. The highest BCUT2D eigenvalue weighted by Crippen LogP contribution is 2.04. The summed E-state index contributed by atoms with van der Waals surface area (Å²) in [5.41, 5.74) is 5.24. The van der Waals surface area contributed by atoms with Crippen molar-refractivity contribution >= 4 is 17.7 Å². The van der Waals surface area contributed by atoms with Crippen molar-refractivity contribution in [2.45, 2.75) is 12.1 Å². The lowest BCUT2D eigenvalue weighted by Crippen LogP contribution is -2.33. The summed E-state index contributed by atoms with van der Waals surface area (Å²) in [4.78, 5) is 10.3. The Morgan fingerprint density at radius 3 is 2.69 bits per heavy atom. The molecule has 0 rings (SSSR count). The second-order valence-electron chi connectivity index (χ2n) is 2.59. The summed E-state index contributed by atoms with van der Waals surface area (Å²) < 4.78 is 4.70. The largest absolute Gasteiger partial charge is 0.480 e. The second kappa shape index (κ2) is 7.14. The average Bonchev–Trinajstić information content (AvgIpc) is 2.04. The fourth-order valence-corrected chi connectivity index (χ4v) is 1.54. The lowest BCUT2D eigenvalue weighted by molar-refractivity contribution is -0.137. The highest BCUT2D eigenvalue weighted by Gasteiger charge is 2.12. The van der Waals surface area contributed by atoms with Crippen molar-refractivity contribution in [2.75, 3.05) is 25.2 Å². The van der Waals surface area contributed by atoms with Crippen molar-refractivity contribution in [3.8, 4) is 0 Å². The molecule has 1 unspecified atom stereocenters. The molecule has 6 heteroatoms. The molecule has 0 aliphatic heterocycles. The van der Waals surface area contributed by atoms with Crippen LogP contribution in [-0.4, -0.2) is 53.6 Å². The van der Waals surface area contributed by atoms with Gasteiger partial charge in [0.2, 0.25) is 0 Å². The summed E-state index contributed by atoms with van der Waals surface area (Å²) in [6, 6.07) is -0.861. The topological polar surface area (TPSA) is 92.8 Å². The standard InChI is InChI=1S/C7H15NO4S/c1-12-2-5(9)3-13-4-6(8)7(10)11/h5-6,9H,2-4,8H2,1H3,(H,10,11)/t5?,6-/m1/s1. The van der Waals surface area contributed by atoms with E-state index in [2.05, 4.69) is 0 Å². The van der Waals surface area contributed by atoms with Gasteiger partial charge in [0.15, 0.2) is 0 Å². The molecule has 78 valence electrons. The molecule has 0 aromatic heterocycles. The number of aliphatic carboxylic acids is 1. The van der Waals surface area contributed by atoms with Gasteiger partial charge in [-0.05, 0) is 0 Å². The third-order valence-corrected chi connectivity index (χ3v) is 2.50. The molecule has 0 aliphatic carbocycles. The zero-order valence-corrected chi connectivity index (χ0v) is 8.29. The number of carboxylic acid groups (broad SMARTS) is 1. The first kappa shape index (κ1) is 12.7. The van der Waals surface area contributed by atoms with Gasteiger partial charge in [-0.2, -0.15) is 11.8 Å². The van der Waals surface area contributed by atoms with Gasteiger partial charge in [-0.25, -0.2) is 0 Å². The number of methoxy groups -OCH3 is 1. The summed E-state index contributed by atoms with van der Waals surface area (Å²) in [6.07, 6.45) is -0.559. The maximum absolute atomic E-state index is 10.3. The number of aliphatic hydroxyl groups excluding tert-OH is 1. The molecule has 0 aromatic carbocycles. The molecule has 0 amide bonds. The van der Waals surface area contributed by atoms with Gasteiger partial charge in [-0.1, -0.05) is 0 Å². The van der Waals surface area contributed by atoms with Gasteiger partial charge in [-0.15, -0.1) is 0 Å². The van der Waals surface area contributed by atoms with Crippen molar-refractivity contribution in [3.63, 3.8) is 0 Å². The number of thioether (sulfide) groups is 1. The van der Waals surface area contributed by atoms with Gasteiger partial charge in [0, 0.05) is 18.6 Å². The van der Waals surface area contributed by atoms with Crippen LogP contribution in [0.25, 0.3) is 0 Å². The molecule has 2 atom stereocenters. The van der Waals surface area contributed by atoms with Crippen molar-refractivity contribution < 1.29 is 19.7 Å². The van der Waals surface area contributed by atoms with E-state index in [-0.39, 0.29) is 6.61 Å². The smallest absolute Gasteiger partial charge is 0.321 e. The SMILES string of the molecule is COCC(O)CSC[C@@H](N)C(=O)O. The predicted octanol–water partition coefficient (Wildman–Crippen LogP) is -0.861. The van der Waals surface area contributed by atoms with Gasteiger partial charge in [-0.3, -0.25) is 4.79 Å². The molecule has 0 radical (unpaired) electrons. The van der Waals surface area contributed by atoms with Crippen LogP contribution in [0.4, 0.5) is 0 Å². The molecule has 0 saturated heterocycles. The minimum Gasteiger partial charge on any atom is -0.480 e. The number of hydrogen-bond acceptors (Lipinski definition) is 5. The zero-order chi connectivity index (χ0) is 10.3. The van der Waals surface area contributed by atoms with Crippen molar-refractivity contribution in [3.05, 3.63) is 0 Å². The predicted molar refractivity (Wildman–Crippen MR) is 50.8 cm³/mol. The summed E-state index contributed by atoms with van der Waals surface area (Å²) in [5.74, 6) is -0.279. The van der Waals surface area contributed by atoms with Gasteiger partial charge < -0.3 is 20.7 Å². The summed E-state index contributed by atoms with van der Waals surface area (Å²) in [5, 5.41) is 17.6. The molecule has 0 fully saturated rings. The van der Waals surface area contributed by atoms with Crippen LogP contribution in [-0.2, 0) is 9.53 Å². The van der Waals surface area contributed by atoms with E-state index in [0.29, 0.717) is 11.5 Å². The summed E-state index contributed by atoms with van der Waals surface area (Å²) in [6.45, 7) is 0.259. The Morgan fingerprint density at radius 2 is 2.23 bits per heavy atom. The van der Waals surface area contributed by atoms with E-state index in [4.69, 9.17) is 20.7 Å². The van der Waals surface area contributed by atoms with Crippen LogP contribution < -0.4 is 5.73 Å². The van der Waals surface area contributed by atoms with Gasteiger partial charge in [0.05, 0.1) is 12.7 Å². The number of rotatable bonds is 7. The normalized spacial score (nSPS) is 15.3. The Bertz CT molecular complexity index is 155. The zero-order valence-electron chi connectivity index (χ0n) is 7.47. The minimum atomic E-state index is -1.02. The fourth-order valence-electron chi connectivity index (χ4n) is 0.643. The maximum Gasteiger partial charge on any atom is 0.321 e. The van der Waals surface area contributed by atoms with E-state index in [1.807, 2.05) is 0 Å². The number of ether oxygens (including phenoxy) is 1. The third-order valence-electron chi connectivity index (χ3n) is 1.28. The molecular formula is C7H15NO4S. The van der Waals surface area contributed by atoms with E-state index in [0.717, 1.165) is 0 Å². The lowest BCUT2D eigenvalue weighted by Gasteiger charge is -2.10. The van der Waals surface area contributed by atoms with Crippen LogP contribution >= 0.6 is 11.8 Å².